The van der Waals surface area contributed by atoms with E-state index in [1.54, 1.807) is 0 Å². The van der Waals surface area contributed by atoms with E-state index in [-0.39, 0.29) is 0 Å². The first-order valence-electron chi connectivity index (χ1n) is 6.53. The normalized spacial score (nSPS) is 12.4. The first kappa shape index (κ1) is 16.0. The second kappa shape index (κ2) is 7.60. The first-order valence-corrected chi connectivity index (χ1v) is 8.49. The molecule has 0 fully saturated rings. The van der Waals surface area contributed by atoms with E-state index >= 15 is 0 Å². The molecule has 0 bridgehead atoms. The Morgan fingerprint density at radius 1 is 1.10 bits per heavy atom. The molecular weight excluding hydrogens is 401 g/mol. The number of rotatable bonds is 5. The summed E-state index contributed by atoms with van der Waals surface area (Å²) in [5, 5.41) is 4.37. The molecule has 4 heteroatoms. The average molecular weight is 418 g/mol. The summed E-state index contributed by atoms with van der Waals surface area (Å²) in [4.78, 5) is 0. The highest BCUT2D eigenvalue weighted by molar-refractivity contribution is 9.13. The summed E-state index contributed by atoms with van der Waals surface area (Å²) in [5.41, 5.74) is 2.48. The summed E-state index contributed by atoms with van der Waals surface area (Å²) in [6.45, 7) is 3.01. The van der Waals surface area contributed by atoms with Crippen molar-refractivity contribution in [3.8, 4) is 0 Å². The SMILES string of the molecule is CCC(NCc1ccc(Br)c(Br)c1)c1cccc(Cl)c1. The van der Waals surface area contributed by atoms with Crippen molar-refractivity contribution in [1.82, 2.24) is 5.32 Å². The van der Waals surface area contributed by atoms with Crippen LogP contribution in [0.15, 0.2) is 51.4 Å². The van der Waals surface area contributed by atoms with E-state index in [4.69, 9.17) is 11.6 Å². The summed E-state index contributed by atoms with van der Waals surface area (Å²) in [7, 11) is 0. The standard InChI is InChI=1S/C16H16Br2ClN/c1-2-16(12-4-3-5-13(19)9-12)20-10-11-6-7-14(17)15(18)8-11/h3-9,16,20H,2,10H2,1H3. The third-order valence-corrected chi connectivity index (χ3v) is 5.31. The maximum absolute atomic E-state index is 6.06. The molecule has 1 N–H and O–H groups in total. The molecule has 0 aliphatic carbocycles. The number of hydrogen-bond acceptors (Lipinski definition) is 1. The third-order valence-electron chi connectivity index (χ3n) is 3.20. The van der Waals surface area contributed by atoms with Crippen LogP contribution >= 0.6 is 43.5 Å². The Balaban J connectivity index is 2.05. The Hall–Kier alpha value is -0.350. The van der Waals surface area contributed by atoms with Crippen LogP contribution in [-0.2, 0) is 6.54 Å². The Labute approximate surface area is 142 Å². The first-order chi connectivity index (χ1) is 9.60. The van der Waals surface area contributed by atoms with Gasteiger partial charge in [-0.2, -0.15) is 0 Å². The maximum Gasteiger partial charge on any atom is 0.0409 e. The van der Waals surface area contributed by atoms with Gasteiger partial charge in [-0.15, -0.1) is 0 Å². The quantitative estimate of drug-likeness (QED) is 0.619. The predicted octanol–water partition coefficient (Wildman–Crippen LogP) is 6.11. The number of benzene rings is 2. The van der Waals surface area contributed by atoms with E-state index in [0.717, 1.165) is 26.9 Å². The molecule has 2 aromatic carbocycles. The van der Waals surface area contributed by atoms with Crippen molar-refractivity contribution in [3.05, 3.63) is 67.6 Å². The van der Waals surface area contributed by atoms with Gasteiger partial charge < -0.3 is 5.32 Å². The highest BCUT2D eigenvalue weighted by Crippen LogP contribution is 2.25. The lowest BCUT2D eigenvalue weighted by Crippen LogP contribution is -2.20. The van der Waals surface area contributed by atoms with Gasteiger partial charge in [-0.3, -0.25) is 0 Å². The van der Waals surface area contributed by atoms with E-state index in [1.165, 1.54) is 11.1 Å². The minimum Gasteiger partial charge on any atom is -0.306 e. The molecule has 2 aromatic rings. The molecule has 0 saturated carbocycles. The lowest BCUT2D eigenvalue weighted by molar-refractivity contribution is 0.519. The largest absolute Gasteiger partial charge is 0.306 e. The Morgan fingerprint density at radius 3 is 2.55 bits per heavy atom. The van der Waals surface area contributed by atoms with Crippen LogP contribution in [0.1, 0.15) is 30.5 Å². The molecular formula is C16H16Br2ClN. The predicted molar refractivity (Wildman–Crippen MR) is 93.2 cm³/mol. The molecule has 1 unspecified atom stereocenters. The van der Waals surface area contributed by atoms with Crippen LogP contribution in [-0.4, -0.2) is 0 Å². The van der Waals surface area contributed by atoms with Crippen LogP contribution in [0, 0.1) is 0 Å². The van der Waals surface area contributed by atoms with Crippen molar-refractivity contribution in [3.63, 3.8) is 0 Å². The smallest absolute Gasteiger partial charge is 0.0409 e. The maximum atomic E-state index is 6.06. The topological polar surface area (TPSA) is 12.0 Å². The van der Waals surface area contributed by atoms with Crippen molar-refractivity contribution in [1.29, 1.82) is 0 Å². The summed E-state index contributed by atoms with van der Waals surface area (Å²) in [6, 6.07) is 14.7. The van der Waals surface area contributed by atoms with Gasteiger partial charge in [0.2, 0.25) is 0 Å². The number of nitrogens with one attached hydrogen (secondary N) is 1. The molecule has 0 amide bonds. The van der Waals surface area contributed by atoms with Crippen LogP contribution in [0.5, 0.6) is 0 Å². The molecule has 0 radical (unpaired) electrons. The second-order valence-corrected chi connectivity index (χ2v) is 6.79. The van der Waals surface area contributed by atoms with Crippen molar-refractivity contribution >= 4 is 43.5 Å². The second-order valence-electron chi connectivity index (χ2n) is 4.65. The fraction of sp³-hybridized carbons (Fsp3) is 0.250. The molecule has 2 rings (SSSR count). The summed E-state index contributed by atoms with van der Waals surface area (Å²) >= 11 is 13.1. The minimum absolute atomic E-state index is 0.316. The van der Waals surface area contributed by atoms with Gasteiger partial charge in [0.15, 0.2) is 0 Å². The van der Waals surface area contributed by atoms with Gasteiger partial charge in [0.1, 0.15) is 0 Å². The molecule has 0 aromatic heterocycles. The zero-order chi connectivity index (χ0) is 14.5. The minimum atomic E-state index is 0.316. The Morgan fingerprint density at radius 2 is 1.90 bits per heavy atom. The molecule has 0 aliphatic heterocycles. The fourth-order valence-electron chi connectivity index (χ4n) is 2.11. The van der Waals surface area contributed by atoms with Gasteiger partial charge in [0, 0.05) is 26.6 Å². The van der Waals surface area contributed by atoms with Gasteiger partial charge in [0.05, 0.1) is 0 Å². The molecule has 0 heterocycles. The van der Waals surface area contributed by atoms with Crippen LogP contribution in [0.3, 0.4) is 0 Å². The highest BCUT2D eigenvalue weighted by Gasteiger charge is 2.09. The zero-order valence-electron chi connectivity index (χ0n) is 11.2. The van der Waals surface area contributed by atoms with Crippen molar-refractivity contribution in [2.75, 3.05) is 0 Å². The average Bonchev–Trinajstić information content (AvgIpc) is 2.43. The Bertz CT molecular complexity index is 586. The van der Waals surface area contributed by atoms with Gasteiger partial charge in [-0.25, -0.2) is 0 Å². The summed E-state index contributed by atoms with van der Waals surface area (Å²) < 4.78 is 2.15. The van der Waals surface area contributed by atoms with Gasteiger partial charge >= 0.3 is 0 Å². The van der Waals surface area contributed by atoms with Gasteiger partial charge in [0.25, 0.3) is 0 Å². The van der Waals surface area contributed by atoms with Crippen LogP contribution in [0.25, 0.3) is 0 Å². The molecule has 106 valence electrons. The lowest BCUT2D eigenvalue weighted by Gasteiger charge is -2.18. The van der Waals surface area contributed by atoms with Gasteiger partial charge in [-0.05, 0) is 73.7 Å². The third kappa shape index (κ3) is 4.32. The van der Waals surface area contributed by atoms with E-state index in [2.05, 4.69) is 68.4 Å². The van der Waals surface area contributed by atoms with E-state index in [0.29, 0.717) is 6.04 Å². The van der Waals surface area contributed by atoms with Crippen LogP contribution < -0.4 is 5.32 Å². The van der Waals surface area contributed by atoms with Crippen molar-refractivity contribution in [2.24, 2.45) is 0 Å². The fourth-order valence-corrected chi connectivity index (χ4v) is 2.98. The molecule has 20 heavy (non-hydrogen) atoms. The molecule has 0 spiro atoms. The number of halogens is 3. The Kier molecular flexibility index (Phi) is 6.09. The number of hydrogen-bond donors (Lipinski definition) is 1. The molecule has 0 aliphatic rings. The summed E-state index contributed by atoms with van der Waals surface area (Å²) in [6.07, 6.45) is 1.03. The van der Waals surface area contributed by atoms with Crippen molar-refractivity contribution in [2.45, 2.75) is 25.9 Å². The monoisotopic (exact) mass is 415 g/mol. The molecule has 1 nitrogen and oxygen atoms in total. The van der Waals surface area contributed by atoms with Crippen LogP contribution in [0.4, 0.5) is 0 Å². The van der Waals surface area contributed by atoms with Gasteiger partial charge in [-0.1, -0.05) is 36.7 Å². The summed E-state index contributed by atoms with van der Waals surface area (Å²) in [5.74, 6) is 0. The van der Waals surface area contributed by atoms with E-state index in [9.17, 15) is 0 Å². The lowest BCUT2D eigenvalue weighted by atomic mass is 10.0. The highest BCUT2D eigenvalue weighted by atomic mass is 79.9. The zero-order valence-corrected chi connectivity index (χ0v) is 15.1. The van der Waals surface area contributed by atoms with Crippen LogP contribution in [0.2, 0.25) is 5.02 Å². The van der Waals surface area contributed by atoms with E-state index in [1.807, 2.05) is 18.2 Å². The van der Waals surface area contributed by atoms with Crippen molar-refractivity contribution < 1.29 is 0 Å². The molecule has 0 saturated heterocycles. The van der Waals surface area contributed by atoms with E-state index < -0.39 is 0 Å². The molecule has 1 atom stereocenters.